The molecule has 0 unspecified atom stereocenters. The maximum absolute atomic E-state index is 8.36. The average Bonchev–Trinajstić information content (AvgIpc) is 2.03. The third kappa shape index (κ3) is 250. The minimum Gasteiger partial charge on any atom is -0.329 e. The highest BCUT2D eigenvalue weighted by Gasteiger charge is 1.76. The molecule has 0 spiro atoms. The maximum atomic E-state index is 8.36. The van der Waals surface area contributed by atoms with Gasteiger partial charge in [0, 0.05) is 26.2 Å². The molecule has 0 radical (unpaired) electrons. The Morgan fingerprint density at radius 1 is 1.00 bits per heavy atom. The standard InChI is InChI=1S/C4H13N3.2HNO3/c5-1-3-7-4-2-6;2*2-1(3)4/h7H,1-6H2;2*(H,2,3,4). The van der Waals surface area contributed by atoms with Crippen molar-refractivity contribution in [2.45, 2.75) is 0 Å². The fourth-order valence-electron chi connectivity index (χ4n) is 0.329. The third-order valence-electron chi connectivity index (χ3n) is 0.642. The van der Waals surface area contributed by atoms with Crippen LogP contribution in [0.4, 0.5) is 0 Å². The molecule has 0 saturated heterocycles. The van der Waals surface area contributed by atoms with Gasteiger partial charge >= 0.3 is 0 Å². The molecule has 0 amide bonds. The van der Waals surface area contributed by atoms with E-state index < -0.39 is 10.2 Å². The minimum absolute atomic E-state index is 0.694. The van der Waals surface area contributed by atoms with Gasteiger partial charge in [0.15, 0.2) is 0 Å². The average molecular weight is 229 g/mol. The minimum atomic E-state index is -1.50. The van der Waals surface area contributed by atoms with Gasteiger partial charge in [0.1, 0.15) is 0 Å². The van der Waals surface area contributed by atoms with E-state index in [4.69, 9.17) is 42.1 Å². The Balaban J connectivity index is -0.000000155. The zero-order chi connectivity index (χ0) is 12.7. The van der Waals surface area contributed by atoms with Gasteiger partial charge < -0.3 is 27.2 Å². The van der Waals surface area contributed by atoms with Crippen LogP contribution in [0.25, 0.3) is 0 Å². The number of hydrogen-bond acceptors (Lipinski definition) is 7. The summed E-state index contributed by atoms with van der Waals surface area (Å²) in [5.74, 6) is 0. The van der Waals surface area contributed by atoms with Crippen LogP contribution in [-0.2, 0) is 0 Å². The predicted molar refractivity (Wildman–Crippen MR) is 48.5 cm³/mol. The summed E-state index contributed by atoms with van der Waals surface area (Å²) in [6.07, 6.45) is 0. The summed E-state index contributed by atoms with van der Waals surface area (Å²) in [5, 5.41) is 30.3. The lowest BCUT2D eigenvalue weighted by atomic mass is 10.6. The first-order valence-corrected chi connectivity index (χ1v) is 3.65. The molecule has 7 N–H and O–H groups in total. The first-order valence-electron chi connectivity index (χ1n) is 3.65. The summed E-state index contributed by atoms with van der Waals surface area (Å²) in [6.45, 7) is 3.13. The zero-order valence-corrected chi connectivity index (χ0v) is 7.90. The van der Waals surface area contributed by atoms with Crippen molar-refractivity contribution >= 4 is 0 Å². The summed E-state index contributed by atoms with van der Waals surface area (Å²) in [7, 11) is 0. The largest absolute Gasteiger partial charge is 0.329 e. The molecule has 0 bridgehead atoms. The van der Waals surface area contributed by atoms with E-state index in [1.165, 1.54) is 0 Å². The fraction of sp³-hybridized carbons (Fsp3) is 1.00. The highest BCUT2D eigenvalue weighted by molar-refractivity contribution is 4.45. The maximum Gasteiger partial charge on any atom is 0.291 e. The molecule has 0 aliphatic carbocycles. The molecule has 92 valence electrons. The molecule has 0 aliphatic rings. The number of nitrogens with two attached hydrogens (primary N) is 2. The summed E-state index contributed by atoms with van der Waals surface area (Å²) in [5.41, 5.74) is 10.3. The molecule has 0 aromatic heterocycles. The number of hydrogen-bond donors (Lipinski definition) is 5. The van der Waals surface area contributed by atoms with Crippen LogP contribution in [-0.4, -0.2) is 46.8 Å². The van der Waals surface area contributed by atoms with E-state index in [0.717, 1.165) is 13.1 Å². The van der Waals surface area contributed by atoms with Crippen molar-refractivity contribution in [3.05, 3.63) is 20.2 Å². The van der Waals surface area contributed by atoms with Gasteiger partial charge in [0.2, 0.25) is 0 Å². The molecule has 15 heavy (non-hydrogen) atoms. The number of nitrogens with zero attached hydrogens (tertiary/aromatic N) is 2. The van der Waals surface area contributed by atoms with Gasteiger partial charge in [-0.2, -0.15) is 0 Å². The van der Waals surface area contributed by atoms with Crippen LogP contribution in [0.2, 0.25) is 0 Å². The first kappa shape index (κ1) is 18.9. The molecule has 11 nitrogen and oxygen atoms in total. The summed E-state index contributed by atoms with van der Waals surface area (Å²) < 4.78 is 0. The van der Waals surface area contributed by atoms with Crippen LogP contribution in [0, 0.1) is 20.2 Å². The van der Waals surface area contributed by atoms with Crippen molar-refractivity contribution in [2.75, 3.05) is 26.2 Å². The molecular formula is C4H15N5O6. The Kier molecular flexibility index (Phi) is 22.9. The second-order valence-corrected chi connectivity index (χ2v) is 1.80. The van der Waals surface area contributed by atoms with Gasteiger partial charge in [0.05, 0.1) is 0 Å². The van der Waals surface area contributed by atoms with Crippen LogP contribution < -0.4 is 16.8 Å². The van der Waals surface area contributed by atoms with E-state index in [-0.39, 0.29) is 0 Å². The highest BCUT2D eigenvalue weighted by Crippen LogP contribution is 1.49. The van der Waals surface area contributed by atoms with Crippen LogP contribution in [0.15, 0.2) is 0 Å². The quantitative estimate of drug-likeness (QED) is 0.202. The fourth-order valence-corrected chi connectivity index (χ4v) is 0.329. The topological polar surface area (TPSA) is 191 Å². The van der Waals surface area contributed by atoms with Gasteiger partial charge in [-0.25, -0.2) is 0 Å². The lowest BCUT2D eigenvalue weighted by molar-refractivity contribution is -0.742. The second kappa shape index (κ2) is 18.1. The van der Waals surface area contributed by atoms with Crippen molar-refractivity contribution in [1.82, 2.24) is 5.32 Å². The monoisotopic (exact) mass is 229 g/mol. The molecule has 0 saturated carbocycles. The Bertz CT molecular complexity index is 130. The molecule has 0 aliphatic heterocycles. The zero-order valence-electron chi connectivity index (χ0n) is 7.90. The molecule has 0 fully saturated rings. The van der Waals surface area contributed by atoms with Crippen molar-refractivity contribution < 1.29 is 20.6 Å². The molecule has 0 rings (SSSR count). The SMILES string of the molecule is NCCNCCN.O=[N+]([O-])O.O=[N+]([O-])O. The number of rotatable bonds is 4. The molecule has 0 aromatic rings. The van der Waals surface area contributed by atoms with E-state index in [1.807, 2.05) is 0 Å². The van der Waals surface area contributed by atoms with Crippen LogP contribution in [0.1, 0.15) is 0 Å². The van der Waals surface area contributed by atoms with Crippen molar-refractivity contribution in [2.24, 2.45) is 11.5 Å². The van der Waals surface area contributed by atoms with Crippen molar-refractivity contribution in [3.8, 4) is 0 Å². The van der Waals surface area contributed by atoms with Crippen molar-refractivity contribution in [3.63, 3.8) is 0 Å². The van der Waals surface area contributed by atoms with Gasteiger partial charge in [-0.15, -0.1) is 20.2 Å². The summed E-state index contributed by atoms with van der Waals surface area (Å²) in [6, 6.07) is 0. The first-order chi connectivity index (χ1) is 6.88. The Labute approximate surface area is 84.9 Å². The van der Waals surface area contributed by atoms with Gasteiger partial charge in [-0.3, -0.25) is 0 Å². The van der Waals surface area contributed by atoms with E-state index in [9.17, 15) is 0 Å². The second-order valence-electron chi connectivity index (χ2n) is 1.80. The van der Waals surface area contributed by atoms with E-state index in [1.54, 1.807) is 0 Å². The summed E-state index contributed by atoms with van der Waals surface area (Å²) >= 11 is 0. The van der Waals surface area contributed by atoms with Crippen molar-refractivity contribution in [1.29, 1.82) is 0 Å². The van der Waals surface area contributed by atoms with Crippen LogP contribution in [0.3, 0.4) is 0 Å². The normalized spacial score (nSPS) is 7.60. The Hall–Kier alpha value is -1.72. The van der Waals surface area contributed by atoms with Gasteiger partial charge in [0.25, 0.3) is 10.2 Å². The molecule has 11 heteroatoms. The third-order valence-corrected chi connectivity index (χ3v) is 0.642. The Morgan fingerprint density at radius 2 is 1.20 bits per heavy atom. The van der Waals surface area contributed by atoms with Gasteiger partial charge in [-0.05, 0) is 0 Å². The molecule has 0 atom stereocenters. The highest BCUT2D eigenvalue weighted by atomic mass is 16.9. The van der Waals surface area contributed by atoms with E-state index >= 15 is 0 Å². The lowest BCUT2D eigenvalue weighted by Gasteiger charge is -1.95. The molecule has 0 aromatic carbocycles. The van der Waals surface area contributed by atoms with E-state index in [0.29, 0.717) is 13.1 Å². The summed E-state index contributed by atoms with van der Waals surface area (Å²) in [4.78, 5) is 16.7. The lowest BCUT2D eigenvalue weighted by Crippen LogP contribution is -2.27. The van der Waals surface area contributed by atoms with Crippen LogP contribution in [0.5, 0.6) is 0 Å². The molecular weight excluding hydrogens is 214 g/mol. The smallest absolute Gasteiger partial charge is 0.291 e. The number of nitrogens with one attached hydrogen (secondary N) is 1. The van der Waals surface area contributed by atoms with Crippen LogP contribution >= 0.6 is 0 Å². The Morgan fingerprint density at radius 3 is 1.33 bits per heavy atom. The predicted octanol–water partition coefficient (Wildman–Crippen LogP) is -2.20. The molecule has 0 heterocycles. The van der Waals surface area contributed by atoms with Gasteiger partial charge in [-0.1, -0.05) is 0 Å². The van der Waals surface area contributed by atoms with E-state index in [2.05, 4.69) is 5.32 Å².